The largest absolute Gasteiger partial charge is 0.488 e. The van der Waals surface area contributed by atoms with Crippen molar-refractivity contribution < 1.29 is 9.53 Å². The maximum Gasteiger partial charge on any atom is 0.256 e. The number of anilines is 1. The summed E-state index contributed by atoms with van der Waals surface area (Å²) in [5, 5.41) is 7.71. The molecular weight excluding hydrogens is 460 g/mol. The van der Waals surface area contributed by atoms with Gasteiger partial charge in [-0.1, -0.05) is 53.2 Å². The second-order valence-electron chi connectivity index (χ2n) is 8.06. The minimum absolute atomic E-state index is 0.00906. The van der Waals surface area contributed by atoms with Crippen LogP contribution in [-0.4, -0.2) is 5.91 Å². The first kappa shape index (κ1) is 19.6. The molecule has 2 heterocycles. The number of halogens is 1. The zero-order chi connectivity index (χ0) is 20.7. The third kappa shape index (κ3) is 3.74. The fraction of sp³-hybridized carbons (Fsp3) is 0.292. The summed E-state index contributed by atoms with van der Waals surface area (Å²) in [5.74, 6) is 1.45. The number of ether oxygens (including phenoxy) is 1. The molecule has 1 aliphatic heterocycles. The quantitative estimate of drug-likeness (QED) is 0.474. The first-order valence-corrected chi connectivity index (χ1v) is 11.9. The van der Waals surface area contributed by atoms with Crippen LogP contribution in [0.5, 0.6) is 5.75 Å². The Bertz CT molecular complexity index is 1100. The van der Waals surface area contributed by atoms with Crippen molar-refractivity contribution >= 4 is 38.2 Å². The van der Waals surface area contributed by atoms with Crippen LogP contribution in [0.4, 0.5) is 5.00 Å². The second kappa shape index (κ2) is 8.08. The summed E-state index contributed by atoms with van der Waals surface area (Å²) in [6.07, 6.45) is 2.88. The Hall–Kier alpha value is -2.31. The van der Waals surface area contributed by atoms with Gasteiger partial charge in [-0.25, -0.2) is 0 Å². The van der Waals surface area contributed by atoms with Gasteiger partial charge in [-0.2, -0.15) is 0 Å². The second-order valence-corrected chi connectivity index (χ2v) is 10.1. The van der Waals surface area contributed by atoms with Crippen molar-refractivity contribution in [3.05, 3.63) is 80.1 Å². The molecule has 1 aromatic heterocycles. The summed E-state index contributed by atoms with van der Waals surface area (Å²) in [4.78, 5) is 14.4. The lowest BCUT2D eigenvalue weighted by molar-refractivity contribution is 0.0934. The fourth-order valence-corrected chi connectivity index (χ4v) is 6.05. The zero-order valence-corrected chi connectivity index (χ0v) is 19.1. The standard InChI is InChI=1S/C24H23BrN2O2S/c1-14-7-9-17-20(11-14)30-24-21(17)23(28)26-22(27-24)18-12-16(25)8-10-19(18)29-13-15-5-3-2-4-6-15/h2-6,8,10,12,14,22,27H,7,9,11,13H2,1H3,(H,26,28). The molecule has 3 aromatic rings. The number of benzene rings is 2. The van der Waals surface area contributed by atoms with Gasteiger partial charge < -0.3 is 15.4 Å². The minimum atomic E-state index is -0.328. The van der Waals surface area contributed by atoms with Gasteiger partial charge >= 0.3 is 0 Å². The van der Waals surface area contributed by atoms with E-state index in [4.69, 9.17) is 4.74 Å². The molecule has 0 spiro atoms. The summed E-state index contributed by atoms with van der Waals surface area (Å²) in [5.41, 5.74) is 4.11. The van der Waals surface area contributed by atoms with Gasteiger partial charge in [0.15, 0.2) is 0 Å². The molecule has 6 heteroatoms. The molecule has 2 N–H and O–H groups in total. The highest BCUT2D eigenvalue weighted by Gasteiger charge is 2.34. The highest BCUT2D eigenvalue weighted by atomic mass is 79.9. The predicted molar refractivity (Wildman–Crippen MR) is 124 cm³/mol. The van der Waals surface area contributed by atoms with Crippen LogP contribution < -0.4 is 15.4 Å². The van der Waals surface area contributed by atoms with E-state index in [0.717, 1.165) is 51.2 Å². The van der Waals surface area contributed by atoms with E-state index < -0.39 is 0 Å². The SMILES string of the molecule is CC1CCc2c(sc3c2C(=O)NC(c2cc(Br)ccc2OCc2ccccc2)N3)C1. The van der Waals surface area contributed by atoms with Crippen molar-refractivity contribution in [2.24, 2.45) is 5.92 Å². The highest BCUT2D eigenvalue weighted by Crippen LogP contribution is 2.43. The summed E-state index contributed by atoms with van der Waals surface area (Å²) in [6.45, 7) is 2.77. The molecule has 2 unspecified atom stereocenters. The number of hydrogen-bond acceptors (Lipinski definition) is 4. The molecule has 0 radical (unpaired) electrons. The average Bonchev–Trinajstić information content (AvgIpc) is 3.11. The number of nitrogens with one attached hydrogen (secondary N) is 2. The van der Waals surface area contributed by atoms with E-state index >= 15 is 0 Å². The Kier molecular flexibility index (Phi) is 5.29. The van der Waals surface area contributed by atoms with E-state index in [-0.39, 0.29) is 12.1 Å². The molecule has 2 aliphatic rings. The molecule has 2 aromatic carbocycles. The van der Waals surface area contributed by atoms with E-state index in [1.165, 1.54) is 10.4 Å². The van der Waals surface area contributed by atoms with Crippen LogP contribution in [0.1, 0.15) is 51.4 Å². The van der Waals surface area contributed by atoms with E-state index in [9.17, 15) is 4.79 Å². The highest BCUT2D eigenvalue weighted by molar-refractivity contribution is 9.10. The molecule has 1 aliphatic carbocycles. The number of hydrogen-bond donors (Lipinski definition) is 2. The Labute approximate surface area is 188 Å². The molecule has 1 amide bonds. The van der Waals surface area contributed by atoms with E-state index in [1.54, 1.807) is 11.3 Å². The monoisotopic (exact) mass is 482 g/mol. The Morgan fingerprint density at radius 1 is 1.17 bits per heavy atom. The molecule has 5 rings (SSSR count). The summed E-state index contributed by atoms with van der Waals surface area (Å²) >= 11 is 5.30. The Morgan fingerprint density at radius 3 is 2.83 bits per heavy atom. The molecule has 0 saturated carbocycles. The molecular formula is C24H23BrN2O2S. The summed E-state index contributed by atoms with van der Waals surface area (Å²) < 4.78 is 7.09. The third-order valence-corrected chi connectivity index (χ3v) is 7.49. The molecule has 0 bridgehead atoms. The van der Waals surface area contributed by atoms with Crippen molar-refractivity contribution in [3.8, 4) is 5.75 Å². The first-order chi connectivity index (χ1) is 14.6. The normalized spacial score (nSPS) is 20.0. The molecule has 4 nitrogen and oxygen atoms in total. The van der Waals surface area contributed by atoms with Gasteiger partial charge in [-0.15, -0.1) is 11.3 Å². The topological polar surface area (TPSA) is 50.4 Å². The lowest BCUT2D eigenvalue weighted by atomic mass is 9.88. The number of carbonyl (C=O) groups excluding carboxylic acids is 1. The summed E-state index contributed by atoms with van der Waals surface area (Å²) in [7, 11) is 0. The van der Waals surface area contributed by atoms with Crippen LogP contribution in [0.2, 0.25) is 0 Å². The first-order valence-electron chi connectivity index (χ1n) is 10.3. The maximum atomic E-state index is 13.1. The van der Waals surface area contributed by atoms with Gasteiger partial charge in [0.1, 0.15) is 23.5 Å². The summed E-state index contributed by atoms with van der Waals surface area (Å²) in [6, 6.07) is 16.0. The number of amides is 1. The number of carbonyl (C=O) groups is 1. The van der Waals surface area contributed by atoms with Crippen molar-refractivity contribution in [2.75, 3.05) is 5.32 Å². The molecule has 0 fully saturated rings. The van der Waals surface area contributed by atoms with Crippen LogP contribution in [0.15, 0.2) is 53.0 Å². The predicted octanol–water partition coefficient (Wildman–Crippen LogP) is 6.07. The van der Waals surface area contributed by atoms with Crippen molar-refractivity contribution in [1.82, 2.24) is 5.32 Å². The minimum Gasteiger partial charge on any atom is -0.488 e. The number of rotatable bonds is 4. The van der Waals surface area contributed by atoms with Gasteiger partial charge in [0.05, 0.1) is 5.56 Å². The number of fused-ring (bicyclic) bond motifs is 3. The van der Waals surface area contributed by atoms with E-state index in [1.807, 2.05) is 48.5 Å². The van der Waals surface area contributed by atoms with Gasteiger partial charge in [0.25, 0.3) is 5.91 Å². The van der Waals surface area contributed by atoms with E-state index in [0.29, 0.717) is 12.5 Å². The fourth-order valence-electron chi connectivity index (χ4n) is 4.23. The van der Waals surface area contributed by atoms with E-state index in [2.05, 4.69) is 33.5 Å². The van der Waals surface area contributed by atoms with Gasteiger partial charge in [0, 0.05) is 14.9 Å². The Balaban J connectivity index is 1.44. The third-order valence-electron chi connectivity index (χ3n) is 5.81. The average molecular weight is 483 g/mol. The number of thiophene rings is 1. The molecule has 154 valence electrons. The Morgan fingerprint density at radius 2 is 2.00 bits per heavy atom. The van der Waals surface area contributed by atoms with Crippen LogP contribution in [0.25, 0.3) is 0 Å². The van der Waals surface area contributed by atoms with Gasteiger partial charge in [0.2, 0.25) is 0 Å². The van der Waals surface area contributed by atoms with Crippen molar-refractivity contribution in [1.29, 1.82) is 0 Å². The molecule has 2 atom stereocenters. The van der Waals surface area contributed by atoms with Gasteiger partial charge in [-0.05, 0) is 54.5 Å². The zero-order valence-electron chi connectivity index (χ0n) is 16.7. The lowest BCUT2D eigenvalue weighted by Gasteiger charge is -2.28. The van der Waals surface area contributed by atoms with Crippen LogP contribution >= 0.6 is 27.3 Å². The van der Waals surface area contributed by atoms with Crippen molar-refractivity contribution in [3.63, 3.8) is 0 Å². The smallest absolute Gasteiger partial charge is 0.256 e. The lowest BCUT2D eigenvalue weighted by Crippen LogP contribution is -2.38. The van der Waals surface area contributed by atoms with Crippen LogP contribution in [0, 0.1) is 5.92 Å². The van der Waals surface area contributed by atoms with Crippen molar-refractivity contribution in [2.45, 2.75) is 39.0 Å². The van der Waals surface area contributed by atoms with Crippen LogP contribution in [0.3, 0.4) is 0 Å². The maximum absolute atomic E-state index is 13.1. The van der Waals surface area contributed by atoms with Gasteiger partial charge in [-0.3, -0.25) is 4.79 Å². The van der Waals surface area contributed by atoms with Crippen LogP contribution in [-0.2, 0) is 19.4 Å². The molecule has 30 heavy (non-hydrogen) atoms. The molecule has 0 saturated heterocycles.